The van der Waals surface area contributed by atoms with Crippen molar-refractivity contribution in [2.75, 3.05) is 13.2 Å². The molecule has 0 aliphatic carbocycles. The van der Waals surface area contributed by atoms with E-state index in [1.165, 1.54) is 6.08 Å². The number of alkyl carbamates (subject to hydrolysis) is 1. The summed E-state index contributed by atoms with van der Waals surface area (Å²) < 4.78 is 17.3. The molecule has 0 aliphatic rings. The van der Waals surface area contributed by atoms with Crippen LogP contribution in [0, 0.1) is 0 Å². The maximum Gasteiger partial charge on any atom is 0.412 e. The van der Waals surface area contributed by atoms with E-state index in [1.54, 1.807) is 27.7 Å². The standard InChI is InChI=1S/C28H39NO6Si/c1-8-33-25(31)24(29-26(32)34-27(2,3)4)19-21(20-30)35-36(28(5,6)7,22-15-11-9-12-16-22)23-17-13-10-14-18-23/h9-19,21,30H,8,20H2,1-7H3,(H,29,32)/b24-19-/t21-/m0/s1. The van der Waals surface area contributed by atoms with Crippen LogP contribution in [0.25, 0.3) is 0 Å². The largest absolute Gasteiger partial charge is 0.461 e. The molecule has 0 saturated heterocycles. The number of aliphatic hydroxyl groups is 1. The second kappa shape index (κ2) is 12.3. The van der Waals surface area contributed by atoms with Crippen molar-refractivity contribution in [1.29, 1.82) is 0 Å². The number of benzene rings is 2. The number of nitrogens with one attached hydrogen (secondary N) is 1. The third-order valence-corrected chi connectivity index (χ3v) is 10.5. The van der Waals surface area contributed by atoms with Gasteiger partial charge in [-0.25, -0.2) is 9.59 Å². The van der Waals surface area contributed by atoms with E-state index in [9.17, 15) is 14.7 Å². The number of esters is 1. The van der Waals surface area contributed by atoms with Gasteiger partial charge in [0.25, 0.3) is 8.32 Å². The molecule has 0 saturated carbocycles. The quantitative estimate of drug-likeness (QED) is 0.300. The van der Waals surface area contributed by atoms with Crippen molar-refractivity contribution < 1.29 is 28.6 Å². The number of rotatable bonds is 9. The first-order valence-electron chi connectivity index (χ1n) is 12.1. The van der Waals surface area contributed by atoms with Gasteiger partial charge in [-0.1, -0.05) is 81.4 Å². The Balaban J connectivity index is 2.61. The number of hydrogen-bond acceptors (Lipinski definition) is 6. The molecular formula is C28H39NO6Si. The lowest BCUT2D eigenvalue weighted by Gasteiger charge is -2.44. The Morgan fingerprint density at radius 3 is 1.83 bits per heavy atom. The summed E-state index contributed by atoms with van der Waals surface area (Å²) in [5, 5.41) is 14.6. The Hall–Kier alpha value is -2.94. The van der Waals surface area contributed by atoms with Crippen molar-refractivity contribution in [2.24, 2.45) is 0 Å². The number of amides is 1. The normalized spacial score (nSPS) is 13.6. The topological polar surface area (TPSA) is 94.1 Å². The molecule has 2 aromatic rings. The van der Waals surface area contributed by atoms with E-state index in [0.29, 0.717) is 0 Å². The molecule has 0 aromatic heterocycles. The minimum atomic E-state index is -3.03. The lowest BCUT2D eigenvalue weighted by Crippen LogP contribution is -2.67. The van der Waals surface area contributed by atoms with Gasteiger partial charge in [-0.2, -0.15) is 0 Å². The Bertz CT molecular complexity index is 986. The summed E-state index contributed by atoms with van der Waals surface area (Å²) in [6, 6.07) is 19.9. The third kappa shape index (κ3) is 7.53. The molecule has 1 amide bonds. The van der Waals surface area contributed by atoms with Gasteiger partial charge in [-0.05, 0) is 49.2 Å². The lowest BCUT2D eigenvalue weighted by atomic mass is 10.2. The first kappa shape index (κ1) is 29.3. The molecule has 7 nitrogen and oxygen atoms in total. The molecule has 0 unspecified atom stereocenters. The summed E-state index contributed by atoms with van der Waals surface area (Å²) in [4.78, 5) is 25.2. The van der Waals surface area contributed by atoms with Crippen LogP contribution >= 0.6 is 0 Å². The van der Waals surface area contributed by atoms with Crippen LogP contribution in [-0.4, -0.2) is 50.4 Å². The molecule has 36 heavy (non-hydrogen) atoms. The molecular weight excluding hydrogens is 474 g/mol. The van der Waals surface area contributed by atoms with Crippen molar-refractivity contribution in [2.45, 2.75) is 65.2 Å². The molecule has 0 spiro atoms. The number of hydrogen-bond donors (Lipinski definition) is 2. The van der Waals surface area contributed by atoms with E-state index in [4.69, 9.17) is 13.9 Å². The Morgan fingerprint density at radius 1 is 0.944 bits per heavy atom. The van der Waals surface area contributed by atoms with Gasteiger partial charge in [-0.15, -0.1) is 0 Å². The maximum atomic E-state index is 12.7. The van der Waals surface area contributed by atoms with E-state index in [1.807, 2.05) is 60.7 Å². The molecule has 2 N–H and O–H groups in total. The summed E-state index contributed by atoms with van der Waals surface area (Å²) in [6.45, 7) is 12.9. The van der Waals surface area contributed by atoms with Crippen LogP contribution in [0.4, 0.5) is 4.79 Å². The number of ether oxygens (including phenoxy) is 2. The summed E-state index contributed by atoms with van der Waals surface area (Å²) in [7, 11) is -3.03. The lowest BCUT2D eigenvalue weighted by molar-refractivity contribution is -0.139. The maximum absolute atomic E-state index is 12.7. The van der Waals surface area contributed by atoms with Gasteiger partial charge in [0.2, 0.25) is 0 Å². The van der Waals surface area contributed by atoms with E-state index >= 15 is 0 Å². The van der Waals surface area contributed by atoms with Crippen LogP contribution in [0.5, 0.6) is 0 Å². The predicted molar refractivity (Wildman–Crippen MR) is 144 cm³/mol. The summed E-state index contributed by atoms with van der Waals surface area (Å²) in [6.07, 6.45) is -0.309. The van der Waals surface area contributed by atoms with Crippen molar-refractivity contribution in [1.82, 2.24) is 5.32 Å². The zero-order chi connectivity index (χ0) is 27.0. The van der Waals surface area contributed by atoms with Gasteiger partial charge in [0, 0.05) is 0 Å². The number of carbonyl (C=O) groups excluding carboxylic acids is 2. The van der Waals surface area contributed by atoms with Gasteiger partial charge in [0.15, 0.2) is 0 Å². The van der Waals surface area contributed by atoms with Gasteiger partial charge in [-0.3, -0.25) is 5.32 Å². The predicted octanol–water partition coefficient (Wildman–Crippen LogP) is 3.90. The van der Waals surface area contributed by atoms with Crippen LogP contribution in [0.2, 0.25) is 5.04 Å². The fourth-order valence-electron chi connectivity index (χ4n) is 4.01. The first-order valence-corrected chi connectivity index (χ1v) is 14.0. The minimum absolute atomic E-state index is 0.117. The molecule has 0 fully saturated rings. The monoisotopic (exact) mass is 513 g/mol. The molecule has 0 heterocycles. The van der Waals surface area contributed by atoms with E-state index in [-0.39, 0.29) is 17.3 Å². The molecule has 2 rings (SSSR count). The highest BCUT2D eigenvalue weighted by molar-refractivity contribution is 6.99. The first-order chi connectivity index (χ1) is 16.8. The van der Waals surface area contributed by atoms with Crippen molar-refractivity contribution >= 4 is 30.8 Å². The molecule has 8 heteroatoms. The summed E-state index contributed by atoms with van der Waals surface area (Å²) in [5.74, 6) is -0.743. The Labute approximate surface area is 215 Å². The fraction of sp³-hybridized carbons (Fsp3) is 0.429. The average Bonchev–Trinajstić information content (AvgIpc) is 2.80. The Morgan fingerprint density at radius 2 is 1.44 bits per heavy atom. The van der Waals surface area contributed by atoms with Crippen LogP contribution in [0.15, 0.2) is 72.4 Å². The van der Waals surface area contributed by atoms with Crippen LogP contribution in [0.1, 0.15) is 48.5 Å². The second-order valence-electron chi connectivity index (χ2n) is 10.4. The van der Waals surface area contributed by atoms with Crippen LogP contribution in [-0.2, 0) is 18.7 Å². The third-order valence-electron chi connectivity index (χ3n) is 5.41. The van der Waals surface area contributed by atoms with Gasteiger partial charge in [0.1, 0.15) is 11.3 Å². The van der Waals surface area contributed by atoms with Gasteiger partial charge >= 0.3 is 12.1 Å². The highest BCUT2D eigenvalue weighted by Crippen LogP contribution is 2.37. The van der Waals surface area contributed by atoms with Crippen molar-refractivity contribution in [3.63, 3.8) is 0 Å². The molecule has 0 aliphatic heterocycles. The molecule has 196 valence electrons. The van der Waals surface area contributed by atoms with Gasteiger partial charge in [0.05, 0.1) is 19.3 Å². The summed E-state index contributed by atoms with van der Waals surface area (Å²) in [5.41, 5.74) is -0.908. The van der Waals surface area contributed by atoms with Crippen molar-refractivity contribution in [3.8, 4) is 0 Å². The highest BCUT2D eigenvalue weighted by atomic mass is 28.4. The Kier molecular flexibility index (Phi) is 10.0. The molecule has 2 aromatic carbocycles. The zero-order valence-electron chi connectivity index (χ0n) is 22.3. The molecule has 1 atom stereocenters. The second-order valence-corrected chi connectivity index (χ2v) is 14.7. The van der Waals surface area contributed by atoms with Gasteiger partial charge < -0.3 is 19.0 Å². The smallest absolute Gasteiger partial charge is 0.412 e. The SMILES string of the molecule is CCOC(=O)/C(=C/[C@@H](CO)O[Si](c1ccccc1)(c1ccccc1)C(C)(C)C)NC(=O)OC(C)(C)C. The number of carbonyl (C=O) groups is 2. The zero-order valence-corrected chi connectivity index (χ0v) is 23.3. The fourth-order valence-corrected chi connectivity index (χ4v) is 8.62. The van der Waals surface area contributed by atoms with Crippen molar-refractivity contribution in [3.05, 3.63) is 72.4 Å². The summed E-state index contributed by atoms with van der Waals surface area (Å²) >= 11 is 0. The van der Waals surface area contributed by atoms with Crippen LogP contribution < -0.4 is 15.7 Å². The minimum Gasteiger partial charge on any atom is -0.461 e. The van der Waals surface area contributed by atoms with E-state index < -0.39 is 38.7 Å². The molecule has 0 radical (unpaired) electrons. The van der Waals surface area contributed by atoms with E-state index in [0.717, 1.165) is 10.4 Å². The average molecular weight is 514 g/mol. The highest BCUT2D eigenvalue weighted by Gasteiger charge is 2.51. The van der Waals surface area contributed by atoms with Crippen LogP contribution in [0.3, 0.4) is 0 Å². The number of aliphatic hydroxyl groups excluding tert-OH is 1. The van der Waals surface area contributed by atoms with E-state index in [2.05, 4.69) is 26.1 Å². The molecule has 0 bridgehead atoms.